The van der Waals surface area contributed by atoms with Crippen molar-refractivity contribution in [3.05, 3.63) is 11.6 Å². The molecule has 0 aromatic rings. The lowest BCUT2D eigenvalue weighted by Gasteiger charge is -2.13. The summed E-state index contributed by atoms with van der Waals surface area (Å²) < 4.78 is 0. The van der Waals surface area contributed by atoms with Gasteiger partial charge in [0, 0.05) is 12.8 Å². The van der Waals surface area contributed by atoms with Gasteiger partial charge in [-0.2, -0.15) is 0 Å². The zero-order valence-electron chi connectivity index (χ0n) is 7.39. The summed E-state index contributed by atoms with van der Waals surface area (Å²) in [4.78, 5) is 10.9. The molecule has 0 aromatic carbocycles. The summed E-state index contributed by atoms with van der Waals surface area (Å²) in [5.41, 5.74) is 1.49. The van der Waals surface area contributed by atoms with E-state index in [1.54, 1.807) is 0 Å². The summed E-state index contributed by atoms with van der Waals surface area (Å²) >= 11 is 0. The molecule has 11 heavy (non-hydrogen) atoms. The van der Waals surface area contributed by atoms with Crippen molar-refractivity contribution >= 4 is 5.78 Å². The van der Waals surface area contributed by atoms with Crippen molar-refractivity contribution in [2.24, 2.45) is 5.92 Å². The Labute approximate surface area is 68.5 Å². The van der Waals surface area contributed by atoms with Gasteiger partial charge in [0.05, 0.1) is 0 Å². The molecule has 1 rings (SSSR count). The van der Waals surface area contributed by atoms with E-state index in [0.29, 0.717) is 11.7 Å². The van der Waals surface area contributed by atoms with Crippen LogP contribution in [-0.4, -0.2) is 5.78 Å². The molecule has 0 unspecified atom stereocenters. The maximum Gasteiger partial charge on any atom is 0.133 e. The quantitative estimate of drug-likeness (QED) is 0.528. The molecule has 1 aliphatic rings. The lowest BCUT2D eigenvalue weighted by Crippen LogP contribution is -2.06. The molecule has 0 saturated heterocycles. The van der Waals surface area contributed by atoms with Gasteiger partial charge in [-0.1, -0.05) is 25.5 Å². The molecule has 0 heterocycles. The number of allylic oxidation sites excluding steroid dienone is 2. The molecular formula is C10H16O. The van der Waals surface area contributed by atoms with E-state index in [1.807, 2.05) is 0 Å². The Morgan fingerprint density at radius 3 is 2.18 bits per heavy atom. The smallest absolute Gasteiger partial charge is 0.133 e. The fourth-order valence-corrected chi connectivity index (χ4v) is 1.49. The van der Waals surface area contributed by atoms with Gasteiger partial charge in [-0.3, -0.25) is 4.79 Å². The predicted octanol–water partition coefficient (Wildman–Crippen LogP) is 2.71. The number of Topliss-reactive ketones (excluding diaryl/α,β-unsaturated/α-hetero) is 1. The maximum absolute atomic E-state index is 10.9. The second kappa shape index (κ2) is 3.70. The van der Waals surface area contributed by atoms with E-state index in [0.717, 1.165) is 25.7 Å². The van der Waals surface area contributed by atoms with Crippen molar-refractivity contribution in [2.75, 3.05) is 0 Å². The van der Waals surface area contributed by atoms with Crippen LogP contribution in [0.1, 0.15) is 39.5 Å². The van der Waals surface area contributed by atoms with Crippen molar-refractivity contribution in [1.82, 2.24) is 0 Å². The highest BCUT2D eigenvalue weighted by molar-refractivity contribution is 5.80. The average Bonchev–Trinajstić information content (AvgIpc) is 1.93. The van der Waals surface area contributed by atoms with Crippen LogP contribution in [-0.2, 0) is 4.79 Å². The van der Waals surface area contributed by atoms with Crippen molar-refractivity contribution in [3.8, 4) is 0 Å². The molecule has 1 aliphatic carbocycles. The molecule has 0 N–H and O–H groups in total. The molecule has 0 aliphatic heterocycles. The Bertz CT molecular complexity index is 165. The number of ketones is 1. The Hall–Kier alpha value is -0.590. The Kier molecular flexibility index (Phi) is 2.86. The van der Waals surface area contributed by atoms with E-state index >= 15 is 0 Å². The first-order chi connectivity index (χ1) is 5.18. The molecule has 1 nitrogen and oxygen atoms in total. The number of rotatable bonds is 1. The van der Waals surface area contributed by atoms with Crippen LogP contribution < -0.4 is 0 Å². The fourth-order valence-electron chi connectivity index (χ4n) is 1.49. The Morgan fingerprint density at radius 2 is 1.73 bits per heavy atom. The van der Waals surface area contributed by atoms with Crippen LogP contribution in [0, 0.1) is 5.92 Å². The van der Waals surface area contributed by atoms with Gasteiger partial charge in [-0.05, 0) is 18.8 Å². The molecule has 62 valence electrons. The van der Waals surface area contributed by atoms with Crippen LogP contribution in [0.2, 0.25) is 0 Å². The molecule has 0 spiro atoms. The van der Waals surface area contributed by atoms with Crippen LogP contribution in [0.5, 0.6) is 0 Å². The number of hydrogen-bond acceptors (Lipinski definition) is 1. The fraction of sp³-hybridized carbons (Fsp3) is 0.700. The van der Waals surface area contributed by atoms with Crippen LogP contribution in [0.15, 0.2) is 11.6 Å². The first-order valence-electron chi connectivity index (χ1n) is 4.40. The monoisotopic (exact) mass is 152 g/mol. The zero-order valence-corrected chi connectivity index (χ0v) is 7.39. The van der Waals surface area contributed by atoms with E-state index in [2.05, 4.69) is 19.9 Å². The van der Waals surface area contributed by atoms with Crippen LogP contribution >= 0.6 is 0 Å². The molecule has 1 saturated carbocycles. The lowest BCUT2D eigenvalue weighted by atomic mass is 9.92. The molecule has 0 amide bonds. The highest BCUT2D eigenvalue weighted by atomic mass is 16.1. The first kappa shape index (κ1) is 8.51. The SMILES string of the molecule is CC(C)C=C1CCC(=O)CC1. The normalized spacial score (nSPS) is 19.2. The third-order valence-electron chi connectivity index (χ3n) is 2.02. The second-order valence-corrected chi connectivity index (χ2v) is 3.61. The molecule has 1 fully saturated rings. The lowest BCUT2D eigenvalue weighted by molar-refractivity contribution is -0.119. The minimum absolute atomic E-state index is 0.436. The van der Waals surface area contributed by atoms with Gasteiger partial charge in [-0.15, -0.1) is 0 Å². The summed E-state index contributed by atoms with van der Waals surface area (Å²) in [6.45, 7) is 4.37. The second-order valence-electron chi connectivity index (χ2n) is 3.61. The Morgan fingerprint density at radius 1 is 1.18 bits per heavy atom. The number of carbonyl (C=O) groups is 1. The van der Waals surface area contributed by atoms with Crippen molar-refractivity contribution < 1.29 is 4.79 Å². The van der Waals surface area contributed by atoms with E-state index in [4.69, 9.17) is 0 Å². The zero-order chi connectivity index (χ0) is 8.27. The van der Waals surface area contributed by atoms with Gasteiger partial charge in [0.1, 0.15) is 5.78 Å². The largest absolute Gasteiger partial charge is 0.300 e. The summed E-state index contributed by atoms with van der Waals surface area (Å²) in [5, 5.41) is 0. The van der Waals surface area contributed by atoms with Gasteiger partial charge in [-0.25, -0.2) is 0 Å². The maximum atomic E-state index is 10.9. The van der Waals surface area contributed by atoms with Crippen LogP contribution in [0.3, 0.4) is 0 Å². The molecule has 0 radical (unpaired) electrons. The van der Waals surface area contributed by atoms with Crippen molar-refractivity contribution in [1.29, 1.82) is 0 Å². The summed E-state index contributed by atoms with van der Waals surface area (Å²) in [6, 6.07) is 0. The van der Waals surface area contributed by atoms with Gasteiger partial charge in [0.25, 0.3) is 0 Å². The third kappa shape index (κ3) is 2.87. The standard InChI is InChI=1S/C10H16O/c1-8(2)7-9-3-5-10(11)6-4-9/h7-8H,3-6H2,1-2H3. The van der Waals surface area contributed by atoms with Gasteiger partial charge < -0.3 is 0 Å². The van der Waals surface area contributed by atoms with E-state index in [-0.39, 0.29) is 0 Å². The topological polar surface area (TPSA) is 17.1 Å². The summed E-state index contributed by atoms with van der Waals surface area (Å²) in [6.07, 6.45) is 5.87. The molecule has 0 aromatic heterocycles. The highest BCUT2D eigenvalue weighted by Gasteiger charge is 2.11. The Balaban J connectivity index is 2.44. The third-order valence-corrected chi connectivity index (χ3v) is 2.02. The number of hydrogen-bond donors (Lipinski definition) is 0. The molecule has 0 atom stereocenters. The predicted molar refractivity (Wildman–Crippen MR) is 46.4 cm³/mol. The van der Waals surface area contributed by atoms with E-state index < -0.39 is 0 Å². The first-order valence-corrected chi connectivity index (χ1v) is 4.40. The van der Waals surface area contributed by atoms with Crippen LogP contribution in [0.25, 0.3) is 0 Å². The van der Waals surface area contributed by atoms with Crippen LogP contribution in [0.4, 0.5) is 0 Å². The van der Waals surface area contributed by atoms with Gasteiger partial charge in [0.15, 0.2) is 0 Å². The summed E-state index contributed by atoms with van der Waals surface area (Å²) in [5.74, 6) is 1.07. The minimum atomic E-state index is 0.436. The van der Waals surface area contributed by atoms with E-state index in [9.17, 15) is 4.79 Å². The highest BCUT2D eigenvalue weighted by Crippen LogP contribution is 2.21. The minimum Gasteiger partial charge on any atom is -0.300 e. The average molecular weight is 152 g/mol. The van der Waals surface area contributed by atoms with Crippen molar-refractivity contribution in [3.63, 3.8) is 0 Å². The number of carbonyl (C=O) groups excluding carboxylic acids is 1. The molecule has 0 bridgehead atoms. The molecular weight excluding hydrogens is 136 g/mol. The van der Waals surface area contributed by atoms with E-state index in [1.165, 1.54) is 5.57 Å². The van der Waals surface area contributed by atoms with Crippen molar-refractivity contribution in [2.45, 2.75) is 39.5 Å². The summed E-state index contributed by atoms with van der Waals surface area (Å²) in [7, 11) is 0. The molecule has 1 heteroatoms. The van der Waals surface area contributed by atoms with Gasteiger partial charge in [0.2, 0.25) is 0 Å². The van der Waals surface area contributed by atoms with Gasteiger partial charge >= 0.3 is 0 Å².